The second-order valence-corrected chi connectivity index (χ2v) is 4.57. The van der Waals surface area contributed by atoms with Crippen LogP contribution in [0.15, 0.2) is 12.1 Å². The number of hydrogen-bond acceptors (Lipinski definition) is 3. The Morgan fingerprint density at radius 3 is 2.67 bits per heavy atom. The van der Waals surface area contributed by atoms with Gasteiger partial charge in [-0.25, -0.2) is 4.79 Å². The largest absolute Gasteiger partial charge is 0.394 e. The molecule has 1 rings (SSSR count). The van der Waals surface area contributed by atoms with Crippen LogP contribution in [-0.4, -0.2) is 35.5 Å². The molecule has 0 radical (unpaired) electrons. The molecule has 0 aliphatic heterocycles. The standard InChI is InChI=1S/C11H14Cl2N2O3/c1-6-2-9(13)10(3-8(6)12)15-11(18)14-4-7(17)5-16/h2-3,7,16-17H,4-5H2,1H3,(H2,14,15,18). The van der Waals surface area contributed by atoms with Crippen molar-refractivity contribution in [2.45, 2.75) is 13.0 Å². The summed E-state index contributed by atoms with van der Waals surface area (Å²) in [5, 5.41) is 23.4. The van der Waals surface area contributed by atoms with E-state index in [9.17, 15) is 4.79 Å². The smallest absolute Gasteiger partial charge is 0.319 e. The Hall–Kier alpha value is -1.01. The van der Waals surface area contributed by atoms with Gasteiger partial charge in [0.05, 0.1) is 23.4 Å². The van der Waals surface area contributed by atoms with Crippen LogP contribution in [0.4, 0.5) is 10.5 Å². The first-order valence-corrected chi connectivity index (χ1v) is 5.99. The van der Waals surface area contributed by atoms with Gasteiger partial charge in [0.2, 0.25) is 0 Å². The van der Waals surface area contributed by atoms with E-state index in [1.165, 1.54) is 0 Å². The first-order valence-electron chi connectivity index (χ1n) is 5.23. The molecule has 2 amide bonds. The van der Waals surface area contributed by atoms with Gasteiger partial charge in [-0.3, -0.25) is 0 Å². The van der Waals surface area contributed by atoms with Crippen LogP contribution < -0.4 is 10.6 Å². The predicted molar refractivity (Wildman–Crippen MR) is 71.3 cm³/mol. The number of rotatable bonds is 4. The Labute approximate surface area is 115 Å². The van der Waals surface area contributed by atoms with Crippen LogP contribution in [0.3, 0.4) is 0 Å². The Bertz CT molecular complexity index is 441. The van der Waals surface area contributed by atoms with Gasteiger partial charge in [0.1, 0.15) is 0 Å². The lowest BCUT2D eigenvalue weighted by Gasteiger charge is -2.12. The van der Waals surface area contributed by atoms with Crippen molar-refractivity contribution in [1.29, 1.82) is 0 Å². The molecule has 18 heavy (non-hydrogen) atoms. The van der Waals surface area contributed by atoms with Crippen molar-refractivity contribution in [1.82, 2.24) is 5.32 Å². The van der Waals surface area contributed by atoms with Gasteiger partial charge in [0.25, 0.3) is 0 Å². The Morgan fingerprint density at radius 1 is 1.39 bits per heavy atom. The van der Waals surface area contributed by atoms with Gasteiger partial charge >= 0.3 is 6.03 Å². The number of anilines is 1. The summed E-state index contributed by atoms with van der Waals surface area (Å²) >= 11 is 11.9. The maximum atomic E-state index is 11.5. The zero-order valence-corrected chi connectivity index (χ0v) is 11.2. The van der Waals surface area contributed by atoms with Crippen molar-refractivity contribution in [3.63, 3.8) is 0 Å². The van der Waals surface area contributed by atoms with Crippen LogP contribution in [0, 0.1) is 6.92 Å². The number of amides is 2. The Morgan fingerprint density at radius 2 is 2.06 bits per heavy atom. The first kappa shape index (κ1) is 15.0. The third kappa shape index (κ3) is 4.34. The molecule has 100 valence electrons. The third-order valence-corrected chi connectivity index (χ3v) is 2.93. The van der Waals surface area contributed by atoms with Crippen LogP contribution in [0.2, 0.25) is 10.0 Å². The lowest BCUT2D eigenvalue weighted by Crippen LogP contribution is -2.36. The highest BCUT2D eigenvalue weighted by atomic mass is 35.5. The summed E-state index contributed by atoms with van der Waals surface area (Å²) < 4.78 is 0. The molecule has 0 aliphatic carbocycles. The summed E-state index contributed by atoms with van der Waals surface area (Å²) in [5.74, 6) is 0. The quantitative estimate of drug-likeness (QED) is 0.683. The molecule has 5 nitrogen and oxygen atoms in total. The van der Waals surface area contributed by atoms with Crippen molar-refractivity contribution >= 4 is 34.9 Å². The lowest BCUT2D eigenvalue weighted by atomic mass is 10.2. The van der Waals surface area contributed by atoms with Gasteiger partial charge in [-0.15, -0.1) is 0 Å². The molecule has 0 spiro atoms. The van der Waals surface area contributed by atoms with Gasteiger partial charge in [-0.1, -0.05) is 23.2 Å². The summed E-state index contributed by atoms with van der Waals surface area (Å²) in [7, 11) is 0. The van der Waals surface area contributed by atoms with Crippen molar-refractivity contribution in [2.75, 3.05) is 18.5 Å². The molecule has 0 aliphatic rings. The second-order valence-electron chi connectivity index (χ2n) is 3.75. The molecule has 4 N–H and O–H groups in total. The third-order valence-electron chi connectivity index (χ3n) is 2.21. The second kappa shape index (κ2) is 6.80. The predicted octanol–water partition coefficient (Wildman–Crippen LogP) is 1.78. The maximum Gasteiger partial charge on any atom is 0.319 e. The summed E-state index contributed by atoms with van der Waals surface area (Å²) in [6, 6.07) is 2.65. The molecular weight excluding hydrogens is 279 g/mol. The van der Waals surface area contributed by atoms with Gasteiger partial charge in [-0.2, -0.15) is 0 Å². The summed E-state index contributed by atoms with van der Waals surface area (Å²) in [6.45, 7) is 1.33. The number of halogens is 2. The van der Waals surface area contributed by atoms with E-state index in [4.69, 9.17) is 33.4 Å². The minimum Gasteiger partial charge on any atom is -0.394 e. The average molecular weight is 293 g/mol. The van der Waals surface area contributed by atoms with Crippen molar-refractivity contribution in [3.8, 4) is 0 Å². The molecule has 1 atom stereocenters. The lowest BCUT2D eigenvalue weighted by molar-refractivity contribution is 0.0965. The molecule has 0 saturated carbocycles. The number of urea groups is 1. The molecule has 1 unspecified atom stereocenters. The molecule has 0 heterocycles. The average Bonchev–Trinajstić information content (AvgIpc) is 2.33. The fraction of sp³-hybridized carbons (Fsp3) is 0.364. The van der Waals surface area contributed by atoms with E-state index in [-0.39, 0.29) is 6.54 Å². The minimum absolute atomic E-state index is 0.0560. The van der Waals surface area contributed by atoms with E-state index < -0.39 is 18.7 Å². The zero-order chi connectivity index (χ0) is 13.7. The number of carbonyl (C=O) groups excluding carboxylic acids is 1. The van der Waals surface area contributed by atoms with E-state index in [0.717, 1.165) is 5.56 Å². The maximum absolute atomic E-state index is 11.5. The van der Waals surface area contributed by atoms with Gasteiger partial charge < -0.3 is 20.8 Å². The molecule has 0 fully saturated rings. The number of aliphatic hydroxyl groups excluding tert-OH is 2. The molecule has 0 bridgehead atoms. The fourth-order valence-corrected chi connectivity index (χ4v) is 1.61. The minimum atomic E-state index is -0.993. The normalized spacial score (nSPS) is 12.1. The van der Waals surface area contributed by atoms with Crippen molar-refractivity contribution in [2.24, 2.45) is 0 Å². The van der Waals surface area contributed by atoms with Crippen molar-refractivity contribution in [3.05, 3.63) is 27.7 Å². The van der Waals surface area contributed by atoms with E-state index in [1.54, 1.807) is 19.1 Å². The molecule has 0 saturated heterocycles. The summed E-state index contributed by atoms with van der Waals surface area (Å²) in [4.78, 5) is 11.5. The Kier molecular flexibility index (Phi) is 5.68. The van der Waals surface area contributed by atoms with Gasteiger partial charge in [0, 0.05) is 11.6 Å². The van der Waals surface area contributed by atoms with E-state index >= 15 is 0 Å². The first-order chi connectivity index (χ1) is 8.43. The van der Waals surface area contributed by atoms with Gasteiger partial charge in [-0.05, 0) is 24.6 Å². The highest BCUT2D eigenvalue weighted by molar-refractivity contribution is 6.36. The van der Waals surface area contributed by atoms with Crippen LogP contribution in [-0.2, 0) is 0 Å². The van der Waals surface area contributed by atoms with E-state index in [1.807, 2.05) is 0 Å². The SMILES string of the molecule is Cc1cc(Cl)c(NC(=O)NCC(O)CO)cc1Cl. The number of aryl methyl sites for hydroxylation is 1. The molecule has 1 aromatic rings. The fourth-order valence-electron chi connectivity index (χ4n) is 1.18. The van der Waals surface area contributed by atoms with Crippen LogP contribution in [0.1, 0.15) is 5.56 Å². The summed E-state index contributed by atoms with van der Waals surface area (Å²) in [5.41, 5.74) is 1.19. The monoisotopic (exact) mass is 292 g/mol. The van der Waals surface area contributed by atoms with Crippen LogP contribution in [0.25, 0.3) is 0 Å². The molecule has 1 aromatic carbocycles. The Balaban J connectivity index is 2.62. The molecule has 7 heteroatoms. The number of aliphatic hydroxyl groups is 2. The van der Waals surface area contributed by atoms with Crippen LogP contribution in [0.5, 0.6) is 0 Å². The zero-order valence-electron chi connectivity index (χ0n) is 9.70. The topological polar surface area (TPSA) is 81.6 Å². The number of hydrogen-bond donors (Lipinski definition) is 4. The summed E-state index contributed by atoms with van der Waals surface area (Å²) in [6.07, 6.45) is -0.993. The highest BCUT2D eigenvalue weighted by Gasteiger charge is 2.09. The van der Waals surface area contributed by atoms with Crippen LogP contribution >= 0.6 is 23.2 Å². The highest BCUT2D eigenvalue weighted by Crippen LogP contribution is 2.28. The number of carbonyl (C=O) groups is 1. The van der Waals surface area contributed by atoms with E-state index in [0.29, 0.717) is 15.7 Å². The number of nitrogens with one attached hydrogen (secondary N) is 2. The van der Waals surface area contributed by atoms with Crippen molar-refractivity contribution < 1.29 is 15.0 Å². The number of benzene rings is 1. The molecule has 0 aromatic heterocycles. The van der Waals surface area contributed by atoms with E-state index in [2.05, 4.69) is 10.6 Å². The van der Waals surface area contributed by atoms with Gasteiger partial charge in [0.15, 0.2) is 0 Å². The molecular formula is C11H14Cl2N2O3.